The van der Waals surface area contributed by atoms with Gasteiger partial charge in [-0.05, 0) is 79.6 Å². The third-order valence-electron chi connectivity index (χ3n) is 5.38. The predicted octanol–water partition coefficient (Wildman–Crippen LogP) is 5.86. The number of aromatic amines is 1. The maximum absolute atomic E-state index is 8.97. The highest BCUT2D eigenvalue weighted by Crippen LogP contribution is 2.43. The second kappa shape index (κ2) is 7.20. The maximum Gasteiger partial charge on any atom is 0.233 e. The van der Waals surface area contributed by atoms with Crippen molar-refractivity contribution in [2.75, 3.05) is 5.32 Å². The Morgan fingerprint density at radius 2 is 1.80 bits per heavy atom. The van der Waals surface area contributed by atoms with Gasteiger partial charge in [-0.1, -0.05) is 12.1 Å². The number of aryl methyl sites for hydroxylation is 2. The van der Waals surface area contributed by atoms with Crippen molar-refractivity contribution >= 4 is 22.7 Å². The molecule has 1 aliphatic carbocycles. The molecule has 6 heteroatoms. The van der Waals surface area contributed by atoms with E-state index in [1.165, 1.54) is 18.4 Å². The number of H-pyrrole nitrogens is 1. The molecule has 1 aliphatic rings. The Labute approximate surface area is 174 Å². The fourth-order valence-electron chi connectivity index (χ4n) is 3.70. The van der Waals surface area contributed by atoms with Gasteiger partial charge in [0.1, 0.15) is 11.4 Å². The van der Waals surface area contributed by atoms with Crippen molar-refractivity contribution in [2.24, 2.45) is 0 Å². The topological polar surface area (TPSA) is 86.6 Å². The lowest BCUT2D eigenvalue weighted by Crippen LogP contribution is -2.01. The molecule has 6 nitrogen and oxygen atoms in total. The Balaban J connectivity index is 1.49. The van der Waals surface area contributed by atoms with Gasteiger partial charge >= 0.3 is 0 Å². The molecule has 0 radical (unpaired) electrons. The molecule has 0 saturated heterocycles. The highest BCUT2D eigenvalue weighted by molar-refractivity contribution is 5.82. The molecule has 0 unspecified atom stereocenters. The Bertz CT molecular complexity index is 1260. The molecule has 148 valence electrons. The van der Waals surface area contributed by atoms with Gasteiger partial charge in [0.05, 0.1) is 17.0 Å². The lowest BCUT2D eigenvalue weighted by Gasteiger charge is -2.14. The minimum Gasteiger partial charge on any atom is -0.438 e. The third-order valence-corrected chi connectivity index (χ3v) is 5.38. The van der Waals surface area contributed by atoms with Crippen molar-refractivity contribution < 1.29 is 4.74 Å². The van der Waals surface area contributed by atoms with Crippen molar-refractivity contribution in [2.45, 2.75) is 32.6 Å². The smallest absolute Gasteiger partial charge is 0.233 e. The van der Waals surface area contributed by atoms with Crippen LogP contribution in [0.2, 0.25) is 0 Å². The monoisotopic (exact) mass is 395 g/mol. The van der Waals surface area contributed by atoms with E-state index in [0.717, 1.165) is 28.0 Å². The van der Waals surface area contributed by atoms with E-state index in [1.54, 1.807) is 12.1 Å². The summed E-state index contributed by atoms with van der Waals surface area (Å²) in [5.41, 5.74) is 5.72. The van der Waals surface area contributed by atoms with Crippen molar-refractivity contribution in [3.05, 3.63) is 70.9 Å². The highest BCUT2D eigenvalue weighted by Gasteiger charge is 2.25. The van der Waals surface area contributed by atoms with E-state index in [0.29, 0.717) is 29.0 Å². The van der Waals surface area contributed by atoms with E-state index in [4.69, 9.17) is 10.00 Å². The van der Waals surface area contributed by atoms with Crippen LogP contribution >= 0.6 is 0 Å². The van der Waals surface area contributed by atoms with E-state index >= 15 is 0 Å². The first-order valence-corrected chi connectivity index (χ1v) is 10.0. The normalized spacial score (nSPS) is 13.2. The van der Waals surface area contributed by atoms with Gasteiger partial charge in [0.25, 0.3) is 0 Å². The van der Waals surface area contributed by atoms with Crippen molar-refractivity contribution in [3.63, 3.8) is 0 Å². The first kappa shape index (κ1) is 18.2. The Kier molecular flexibility index (Phi) is 4.36. The van der Waals surface area contributed by atoms with Crippen LogP contribution in [0.4, 0.5) is 11.6 Å². The summed E-state index contributed by atoms with van der Waals surface area (Å²) in [6, 6.07) is 15.6. The second-order valence-corrected chi connectivity index (χ2v) is 7.77. The van der Waals surface area contributed by atoms with Crippen LogP contribution in [-0.4, -0.2) is 15.0 Å². The van der Waals surface area contributed by atoms with Crippen molar-refractivity contribution in [1.82, 2.24) is 15.0 Å². The molecule has 30 heavy (non-hydrogen) atoms. The van der Waals surface area contributed by atoms with E-state index < -0.39 is 0 Å². The standard InChI is InChI=1S/C24H21N5O/c1-14-11-18(17-5-6-17)12-15(2)21(14)30-23-20-9-10-26-22(20)28-24(29-23)27-19-7-3-16(13-25)4-8-19/h3-4,7-12,17H,5-6H2,1-2H3,(H2,26,27,28,29). The number of nitrogens with zero attached hydrogens (tertiary/aromatic N) is 3. The van der Waals surface area contributed by atoms with Gasteiger partial charge in [0.15, 0.2) is 0 Å². The molecule has 1 saturated carbocycles. The summed E-state index contributed by atoms with van der Waals surface area (Å²) in [5.74, 6) is 2.47. The Hall–Kier alpha value is -3.85. The van der Waals surface area contributed by atoms with Gasteiger partial charge in [0, 0.05) is 11.9 Å². The summed E-state index contributed by atoms with van der Waals surface area (Å²) in [4.78, 5) is 12.3. The minimum atomic E-state index is 0.426. The molecule has 2 aromatic heterocycles. The van der Waals surface area contributed by atoms with E-state index in [9.17, 15) is 0 Å². The fraction of sp³-hybridized carbons (Fsp3) is 0.208. The van der Waals surface area contributed by atoms with Crippen LogP contribution in [0.3, 0.4) is 0 Å². The average molecular weight is 395 g/mol. The molecular formula is C24H21N5O. The number of anilines is 2. The molecule has 0 aliphatic heterocycles. The minimum absolute atomic E-state index is 0.426. The number of aromatic nitrogens is 3. The van der Waals surface area contributed by atoms with E-state index in [-0.39, 0.29) is 0 Å². The van der Waals surface area contributed by atoms with E-state index in [2.05, 4.69) is 52.3 Å². The first-order chi connectivity index (χ1) is 14.6. The van der Waals surface area contributed by atoms with E-state index in [1.807, 2.05) is 24.4 Å². The van der Waals surface area contributed by atoms with Crippen molar-refractivity contribution in [1.29, 1.82) is 5.26 Å². The Morgan fingerprint density at radius 1 is 1.07 bits per heavy atom. The molecule has 2 N–H and O–H groups in total. The van der Waals surface area contributed by atoms with Gasteiger partial charge in [-0.3, -0.25) is 0 Å². The van der Waals surface area contributed by atoms with Gasteiger partial charge in [-0.15, -0.1) is 0 Å². The number of nitriles is 1. The summed E-state index contributed by atoms with van der Waals surface area (Å²) >= 11 is 0. The van der Waals surface area contributed by atoms with Crippen LogP contribution in [0.25, 0.3) is 11.0 Å². The molecule has 1 fully saturated rings. The van der Waals surface area contributed by atoms with Crippen LogP contribution in [0.5, 0.6) is 11.6 Å². The quantitative estimate of drug-likeness (QED) is 0.442. The zero-order valence-electron chi connectivity index (χ0n) is 16.9. The molecule has 0 spiro atoms. The summed E-state index contributed by atoms with van der Waals surface area (Å²) in [6.45, 7) is 4.17. The summed E-state index contributed by atoms with van der Waals surface area (Å²) in [7, 11) is 0. The number of benzene rings is 2. The zero-order valence-corrected chi connectivity index (χ0v) is 16.9. The van der Waals surface area contributed by atoms with Crippen molar-refractivity contribution in [3.8, 4) is 17.7 Å². The van der Waals surface area contributed by atoms with Gasteiger partial charge in [0.2, 0.25) is 11.8 Å². The lowest BCUT2D eigenvalue weighted by molar-refractivity contribution is 0.462. The van der Waals surface area contributed by atoms with Crippen LogP contribution in [-0.2, 0) is 0 Å². The van der Waals surface area contributed by atoms with Crippen LogP contribution in [0.1, 0.15) is 41.0 Å². The molecule has 4 aromatic rings. The molecule has 2 aromatic carbocycles. The second-order valence-electron chi connectivity index (χ2n) is 7.77. The van der Waals surface area contributed by atoms with Gasteiger partial charge in [-0.2, -0.15) is 15.2 Å². The largest absolute Gasteiger partial charge is 0.438 e. The third kappa shape index (κ3) is 3.46. The maximum atomic E-state index is 8.97. The highest BCUT2D eigenvalue weighted by atomic mass is 16.5. The first-order valence-electron chi connectivity index (χ1n) is 10.0. The molecule has 0 atom stereocenters. The number of hydrogen-bond acceptors (Lipinski definition) is 5. The fourth-order valence-corrected chi connectivity index (χ4v) is 3.70. The number of nitrogens with one attached hydrogen (secondary N) is 2. The molecule has 0 amide bonds. The van der Waals surface area contributed by atoms with Crippen LogP contribution in [0, 0.1) is 25.2 Å². The average Bonchev–Trinajstić information content (AvgIpc) is 3.49. The predicted molar refractivity (Wildman–Crippen MR) is 116 cm³/mol. The number of ether oxygens (including phenoxy) is 1. The molecule has 2 heterocycles. The molecular weight excluding hydrogens is 374 g/mol. The summed E-state index contributed by atoms with van der Waals surface area (Å²) in [5, 5.41) is 13.0. The van der Waals surface area contributed by atoms with Crippen LogP contribution in [0.15, 0.2) is 48.7 Å². The SMILES string of the molecule is Cc1cc(C2CC2)cc(C)c1Oc1nc(Nc2ccc(C#N)cc2)nc2[nH]ccc12. The number of fused-ring (bicyclic) bond motifs is 1. The summed E-state index contributed by atoms with van der Waals surface area (Å²) < 4.78 is 6.33. The molecule has 5 rings (SSSR count). The number of hydrogen-bond donors (Lipinski definition) is 2. The van der Waals surface area contributed by atoms with Crippen LogP contribution < -0.4 is 10.1 Å². The number of rotatable bonds is 5. The summed E-state index contributed by atoms with van der Waals surface area (Å²) in [6.07, 6.45) is 4.38. The Morgan fingerprint density at radius 3 is 2.47 bits per heavy atom. The van der Waals surface area contributed by atoms with Gasteiger partial charge in [-0.25, -0.2) is 0 Å². The van der Waals surface area contributed by atoms with Gasteiger partial charge < -0.3 is 15.0 Å². The lowest BCUT2D eigenvalue weighted by atomic mass is 10.0. The molecule has 0 bridgehead atoms. The zero-order chi connectivity index (χ0) is 20.7.